The summed E-state index contributed by atoms with van der Waals surface area (Å²) in [6.45, 7) is 0. The average Bonchev–Trinajstić information content (AvgIpc) is 1.54. The Morgan fingerprint density at radius 3 is 0.542 bits per heavy atom. The van der Waals surface area contributed by atoms with Crippen LogP contribution in [0.5, 0.6) is 34.5 Å². The van der Waals surface area contributed by atoms with Gasteiger partial charge < -0.3 is 47.2 Å². The first-order chi connectivity index (χ1) is 70.4. The van der Waals surface area contributed by atoms with Crippen LogP contribution >= 0.6 is 0 Å². The van der Waals surface area contributed by atoms with E-state index in [0.717, 1.165) is 102 Å². The topological polar surface area (TPSA) is 95.8 Å². The lowest BCUT2D eigenvalue weighted by Gasteiger charge is -2.32. The number of fused-ring (bicyclic) bond motifs is 18. The maximum Gasteiger partial charge on any atom is 0.164 e. The Morgan fingerprint density at radius 1 is 0.134 bits per heavy atom. The zero-order valence-corrected chi connectivity index (χ0v) is 76.7. The number of aromatic nitrogens is 7. The van der Waals surface area contributed by atoms with Gasteiger partial charge in [0.1, 0.15) is 0 Å². The minimum absolute atomic E-state index is 0.560. The summed E-state index contributed by atoms with van der Waals surface area (Å²) in [6, 6.07) is 179. The van der Waals surface area contributed by atoms with Crippen molar-refractivity contribution < 1.29 is 14.2 Å². The summed E-state index contributed by atoms with van der Waals surface area (Å²) < 4.78 is 28.4. The summed E-state index contributed by atoms with van der Waals surface area (Å²) in [5.41, 5.74) is 30.7. The van der Waals surface area contributed by atoms with E-state index >= 15 is 0 Å². The van der Waals surface area contributed by atoms with E-state index < -0.39 is 0 Å². The summed E-state index contributed by atoms with van der Waals surface area (Å²) in [6.07, 6.45) is 0. The number of nitrogens with zero attached hydrogens (tertiary/aromatic N) is 10. The highest BCUT2D eigenvalue weighted by molar-refractivity contribution is 6.13. The molecule has 21 aromatic carbocycles. The molecule has 0 atom stereocenters. The normalized spacial score (nSPS) is 12.2. The van der Waals surface area contributed by atoms with Gasteiger partial charge in [-0.1, -0.05) is 267 Å². The van der Waals surface area contributed by atoms with Crippen molar-refractivity contribution in [3.8, 4) is 114 Å². The van der Waals surface area contributed by atoms with Gasteiger partial charge in [-0.3, -0.25) is 0 Å². The van der Waals surface area contributed by atoms with Gasteiger partial charge in [0.05, 0.1) is 78.3 Å². The molecular formula is C129H84N10O3. The SMILES string of the molecule is c1cc(-c2cccc(-n3c4ccccc4c4ccccc43)c2)cc(-n2c3ccccc3c3ccccc32)c1.c1ccc2c(c1)Oc1ccccc1N2c1ccc(-c2nc(-c3ccc(N4c5ccccc5Oc5ccccc54)cc3)nc(-c3ccc(N4c5ccccc5Oc5ccccc54)cc3)n2)cc1.c1ccc2c(c1)c1ccccc1n2-c1ccc(-c2ccc(-n3c4ccccc4c4ccccc43)cc2)cc1. The second-order valence-electron chi connectivity index (χ2n) is 35.7. The molecule has 3 aliphatic rings. The quantitative estimate of drug-likeness (QED) is 0.118. The Labute approximate surface area is 818 Å². The van der Waals surface area contributed by atoms with E-state index in [-0.39, 0.29) is 0 Å². The molecule has 0 amide bonds. The first kappa shape index (κ1) is 82.1. The van der Waals surface area contributed by atoms with E-state index in [1.807, 2.05) is 109 Å². The van der Waals surface area contributed by atoms with Crippen LogP contribution in [-0.2, 0) is 0 Å². The van der Waals surface area contributed by atoms with E-state index in [4.69, 9.17) is 29.2 Å². The molecule has 0 saturated heterocycles. The van der Waals surface area contributed by atoms with E-state index in [1.54, 1.807) is 0 Å². The summed E-state index contributed by atoms with van der Waals surface area (Å²) in [4.78, 5) is 22.1. The molecule has 0 unspecified atom stereocenters. The van der Waals surface area contributed by atoms with Crippen LogP contribution in [-0.4, -0.2) is 33.2 Å². The van der Waals surface area contributed by atoms with Gasteiger partial charge in [-0.15, -0.1) is 0 Å². The molecule has 0 N–H and O–H groups in total. The number of hydrogen-bond donors (Lipinski definition) is 0. The molecule has 5 aromatic heterocycles. The van der Waals surface area contributed by atoms with Crippen molar-refractivity contribution in [2.45, 2.75) is 0 Å². The lowest BCUT2D eigenvalue weighted by atomic mass is 10.0. The van der Waals surface area contributed by atoms with Crippen molar-refractivity contribution in [1.82, 2.24) is 33.2 Å². The first-order valence-electron chi connectivity index (χ1n) is 47.8. The van der Waals surface area contributed by atoms with Crippen LogP contribution in [0.2, 0.25) is 0 Å². The fourth-order valence-corrected chi connectivity index (χ4v) is 21.0. The van der Waals surface area contributed by atoms with Crippen molar-refractivity contribution in [3.05, 3.63) is 510 Å². The Balaban J connectivity index is 0.000000114. The number of anilines is 9. The van der Waals surface area contributed by atoms with Crippen LogP contribution in [0.1, 0.15) is 0 Å². The average molecular weight is 1820 g/mol. The van der Waals surface area contributed by atoms with Crippen LogP contribution in [0.25, 0.3) is 166 Å². The van der Waals surface area contributed by atoms with E-state index in [9.17, 15) is 0 Å². The molecule has 0 saturated carbocycles. The minimum atomic E-state index is 0.560. The zero-order valence-electron chi connectivity index (χ0n) is 76.7. The van der Waals surface area contributed by atoms with E-state index in [0.29, 0.717) is 17.5 Å². The van der Waals surface area contributed by atoms with Gasteiger partial charge in [0.25, 0.3) is 0 Å². The van der Waals surface area contributed by atoms with Gasteiger partial charge in [0.15, 0.2) is 52.0 Å². The van der Waals surface area contributed by atoms with Gasteiger partial charge in [0.2, 0.25) is 0 Å². The molecular weight excluding hydrogens is 1740 g/mol. The number of ether oxygens (including phenoxy) is 3. The molecule has 0 fully saturated rings. The summed E-state index contributed by atoms with van der Waals surface area (Å²) in [5.74, 6) is 6.47. The Hall–Kier alpha value is -19.4. The largest absolute Gasteiger partial charge is 0.453 e. The number of rotatable bonds is 12. The third kappa shape index (κ3) is 14.2. The lowest BCUT2D eigenvalue weighted by molar-refractivity contribution is 0.477. The van der Waals surface area contributed by atoms with Crippen LogP contribution in [0, 0.1) is 0 Å². The summed E-state index contributed by atoms with van der Waals surface area (Å²) in [7, 11) is 0. The highest BCUT2D eigenvalue weighted by Gasteiger charge is 2.31. The van der Waals surface area contributed by atoms with Crippen LogP contribution in [0.15, 0.2) is 510 Å². The predicted octanol–water partition coefficient (Wildman–Crippen LogP) is 34.7. The molecule has 8 heterocycles. The second-order valence-corrected chi connectivity index (χ2v) is 35.7. The Kier molecular flexibility index (Phi) is 19.9. The summed E-state index contributed by atoms with van der Waals surface area (Å²) in [5, 5.41) is 10.3. The molecule has 29 rings (SSSR count). The standard InChI is InChI=1S/C57H36N6O3.2C36H24N2/c1-7-19-49-43(13-1)61(44-14-2-8-20-50(44)64-49)40-31-25-37(26-32-40)55-58-56(38-27-33-41(34-28-38)62-45-15-3-9-21-51(45)65-52-22-10-4-16-46(52)62)60-57(59-55)39-29-35-42(36-30-39)63-47-17-5-11-23-53(47)66-54-24-12-6-18-48(54)63;1-5-19-33-29(15-1)30-16-2-6-20-34(30)37(33)27-13-9-11-25(23-27)26-12-10-14-28(24-26)38-35-21-7-3-17-31(35)32-18-4-8-22-36(32)38;1-5-13-33-29(9-1)30-10-2-6-14-34(30)37(33)27-21-17-25(18-22-27)26-19-23-28(24-20-26)38-35-15-7-3-11-31(35)32-12-4-8-16-36(32)38/h1-36H;2*1-24H. The van der Waals surface area contributed by atoms with Crippen LogP contribution < -0.4 is 28.9 Å². The van der Waals surface area contributed by atoms with Gasteiger partial charge in [-0.2, -0.15) is 0 Å². The van der Waals surface area contributed by atoms with Crippen LogP contribution in [0.3, 0.4) is 0 Å². The molecule has 668 valence electrons. The molecule has 0 radical (unpaired) electrons. The number of benzene rings is 21. The van der Waals surface area contributed by atoms with Gasteiger partial charge in [0, 0.05) is 99.6 Å². The Bertz CT molecular complexity index is 8390. The molecule has 0 spiro atoms. The molecule has 13 heteroatoms. The molecule has 0 aliphatic carbocycles. The lowest BCUT2D eigenvalue weighted by Crippen LogP contribution is -2.15. The minimum Gasteiger partial charge on any atom is -0.453 e. The van der Waals surface area contributed by atoms with Crippen LogP contribution in [0.4, 0.5) is 51.2 Å². The molecule has 13 nitrogen and oxygen atoms in total. The fourth-order valence-electron chi connectivity index (χ4n) is 21.0. The van der Waals surface area contributed by atoms with Crippen molar-refractivity contribution in [1.29, 1.82) is 0 Å². The predicted molar refractivity (Wildman–Crippen MR) is 582 cm³/mol. The highest BCUT2D eigenvalue weighted by Crippen LogP contribution is 2.55. The third-order valence-corrected chi connectivity index (χ3v) is 27.5. The zero-order chi connectivity index (χ0) is 93.7. The smallest absolute Gasteiger partial charge is 0.164 e. The van der Waals surface area contributed by atoms with E-state index in [1.165, 1.54) is 132 Å². The molecule has 142 heavy (non-hydrogen) atoms. The van der Waals surface area contributed by atoms with Crippen molar-refractivity contribution in [2.24, 2.45) is 0 Å². The van der Waals surface area contributed by atoms with Gasteiger partial charge >= 0.3 is 0 Å². The molecule has 26 aromatic rings. The molecule has 0 bridgehead atoms. The number of para-hydroxylation sites is 20. The van der Waals surface area contributed by atoms with Crippen molar-refractivity contribution >= 4 is 138 Å². The monoisotopic (exact) mass is 1820 g/mol. The third-order valence-electron chi connectivity index (χ3n) is 27.5. The number of hydrogen-bond acceptors (Lipinski definition) is 9. The van der Waals surface area contributed by atoms with Gasteiger partial charge in [-0.05, 0) is 265 Å². The summed E-state index contributed by atoms with van der Waals surface area (Å²) >= 11 is 0. The fraction of sp³-hybridized carbons (Fsp3) is 0. The maximum absolute atomic E-state index is 6.29. The highest BCUT2D eigenvalue weighted by atomic mass is 16.5. The van der Waals surface area contributed by atoms with Gasteiger partial charge in [-0.25, -0.2) is 15.0 Å². The van der Waals surface area contributed by atoms with Crippen molar-refractivity contribution in [2.75, 3.05) is 14.7 Å². The second kappa shape index (κ2) is 34.5. The van der Waals surface area contributed by atoms with E-state index in [2.05, 4.69) is 433 Å². The molecule has 3 aliphatic heterocycles. The van der Waals surface area contributed by atoms with Crippen molar-refractivity contribution in [3.63, 3.8) is 0 Å². The first-order valence-corrected chi connectivity index (χ1v) is 47.8. The maximum atomic E-state index is 6.29. The Morgan fingerprint density at radius 2 is 0.317 bits per heavy atom.